The van der Waals surface area contributed by atoms with Crippen LogP contribution in [0.4, 0.5) is 5.00 Å². The van der Waals surface area contributed by atoms with Crippen molar-refractivity contribution in [3.05, 3.63) is 24.3 Å². The number of hydrogen-bond donors (Lipinski definition) is 1. The number of fused-ring (bicyclic) bond motifs is 1. The monoisotopic (exact) mass is 278 g/mol. The molecule has 0 bridgehead atoms. The minimum Gasteiger partial charge on any atom is -0.480 e. The molecule has 0 aliphatic carbocycles. The highest BCUT2D eigenvalue weighted by atomic mass is 32.1. The molecule has 6 heteroatoms. The third-order valence-electron chi connectivity index (χ3n) is 3.51. The fourth-order valence-corrected chi connectivity index (χ4v) is 3.43. The number of carbonyl (C=O) groups is 1. The zero-order valence-corrected chi connectivity index (χ0v) is 11.3. The molecule has 2 unspecified atom stereocenters. The van der Waals surface area contributed by atoms with E-state index in [1.54, 1.807) is 7.11 Å². The minimum absolute atomic E-state index is 0.0398. The molecule has 1 aromatic heterocycles. The molecule has 1 fully saturated rings. The Morgan fingerprint density at radius 3 is 3.05 bits per heavy atom. The molecule has 0 radical (unpaired) electrons. The lowest BCUT2D eigenvalue weighted by molar-refractivity contribution is -0.138. The summed E-state index contributed by atoms with van der Waals surface area (Å²) in [4.78, 5) is 13.3. The van der Waals surface area contributed by atoms with Crippen LogP contribution in [0.5, 0.6) is 0 Å². The molecule has 100 valence electrons. The Morgan fingerprint density at radius 2 is 2.32 bits per heavy atom. The number of methoxy groups -OCH3 is 1. The Balaban J connectivity index is 2.02. The van der Waals surface area contributed by atoms with Crippen molar-refractivity contribution in [3.8, 4) is 0 Å². The van der Waals surface area contributed by atoms with Gasteiger partial charge < -0.3 is 14.7 Å². The summed E-state index contributed by atoms with van der Waals surface area (Å²) in [6.45, 7) is 0.597. The zero-order chi connectivity index (χ0) is 13.4. The van der Waals surface area contributed by atoms with Crippen LogP contribution >= 0.6 is 11.5 Å². The molecule has 1 saturated heterocycles. The highest BCUT2D eigenvalue weighted by Crippen LogP contribution is 2.36. The number of ether oxygens (including phenoxy) is 1. The van der Waals surface area contributed by atoms with Crippen molar-refractivity contribution in [2.75, 3.05) is 18.6 Å². The van der Waals surface area contributed by atoms with E-state index in [0.29, 0.717) is 13.0 Å². The number of anilines is 1. The summed E-state index contributed by atoms with van der Waals surface area (Å²) < 4.78 is 9.69. The third kappa shape index (κ3) is 2.06. The molecule has 5 nitrogen and oxygen atoms in total. The van der Waals surface area contributed by atoms with Gasteiger partial charge in [-0.3, -0.25) is 0 Å². The Kier molecular flexibility index (Phi) is 3.12. The quantitative estimate of drug-likeness (QED) is 0.930. The molecule has 0 saturated carbocycles. The summed E-state index contributed by atoms with van der Waals surface area (Å²) in [6, 6.07) is 7.26. The number of rotatable bonds is 3. The predicted molar refractivity (Wildman–Crippen MR) is 73.8 cm³/mol. The first kappa shape index (κ1) is 12.4. The standard InChI is InChI=1S/C13H14N2O3S/c1-18-8-6-11(13(16)17)15(7-8)12-9-4-2-3-5-10(9)14-19-12/h2-5,8,11H,6-7H2,1H3,(H,16,17). The molecule has 2 atom stereocenters. The SMILES string of the molecule is COC1CC(C(=O)O)N(c2snc3ccccc23)C1. The van der Waals surface area contributed by atoms with Crippen LogP contribution in [0.2, 0.25) is 0 Å². The van der Waals surface area contributed by atoms with Gasteiger partial charge in [0.2, 0.25) is 0 Å². The molecule has 2 aromatic rings. The van der Waals surface area contributed by atoms with Crippen molar-refractivity contribution in [3.63, 3.8) is 0 Å². The van der Waals surface area contributed by atoms with E-state index in [4.69, 9.17) is 4.74 Å². The summed E-state index contributed by atoms with van der Waals surface area (Å²) in [6.07, 6.45) is 0.472. The molecular weight excluding hydrogens is 264 g/mol. The van der Waals surface area contributed by atoms with Gasteiger partial charge in [0.1, 0.15) is 11.0 Å². The summed E-state index contributed by atoms with van der Waals surface area (Å²) >= 11 is 1.35. The van der Waals surface area contributed by atoms with Crippen molar-refractivity contribution in [1.82, 2.24) is 4.37 Å². The summed E-state index contributed by atoms with van der Waals surface area (Å²) in [5.41, 5.74) is 0.910. The average molecular weight is 278 g/mol. The molecule has 2 heterocycles. The lowest BCUT2D eigenvalue weighted by Crippen LogP contribution is -2.35. The number of aromatic nitrogens is 1. The average Bonchev–Trinajstić information content (AvgIpc) is 3.02. The molecule has 19 heavy (non-hydrogen) atoms. The van der Waals surface area contributed by atoms with Crippen molar-refractivity contribution >= 4 is 33.4 Å². The van der Waals surface area contributed by atoms with Gasteiger partial charge in [0.25, 0.3) is 0 Å². The van der Waals surface area contributed by atoms with Crippen LogP contribution in [0.15, 0.2) is 24.3 Å². The first-order valence-corrected chi connectivity index (χ1v) is 6.84. The van der Waals surface area contributed by atoms with Gasteiger partial charge in [-0.25, -0.2) is 4.79 Å². The van der Waals surface area contributed by atoms with Crippen LogP contribution in [0.25, 0.3) is 10.9 Å². The number of carboxylic acids is 1. The maximum atomic E-state index is 11.4. The first-order valence-electron chi connectivity index (χ1n) is 6.07. The van der Waals surface area contributed by atoms with Crippen LogP contribution < -0.4 is 4.90 Å². The van der Waals surface area contributed by atoms with Gasteiger partial charge >= 0.3 is 5.97 Å². The molecular formula is C13H14N2O3S. The van der Waals surface area contributed by atoms with Crippen LogP contribution in [0, 0.1) is 0 Å². The lowest BCUT2D eigenvalue weighted by atomic mass is 10.2. The summed E-state index contributed by atoms with van der Waals surface area (Å²) in [5, 5.41) is 11.3. The zero-order valence-electron chi connectivity index (χ0n) is 10.4. The predicted octanol–water partition coefficient (Wildman–Crippen LogP) is 1.97. The molecule has 0 amide bonds. The normalized spacial score (nSPS) is 23.1. The highest BCUT2D eigenvalue weighted by molar-refractivity contribution is 7.11. The second-order valence-corrected chi connectivity index (χ2v) is 5.36. The molecule has 0 spiro atoms. The van der Waals surface area contributed by atoms with Crippen LogP contribution in [0.3, 0.4) is 0 Å². The van der Waals surface area contributed by atoms with E-state index >= 15 is 0 Å². The second kappa shape index (κ2) is 4.79. The molecule has 1 aliphatic rings. The van der Waals surface area contributed by atoms with Crippen molar-refractivity contribution < 1.29 is 14.6 Å². The van der Waals surface area contributed by atoms with E-state index in [1.807, 2.05) is 29.2 Å². The number of benzene rings is 1. The smallest absolute Gasteiger partial charge is 0.326 e. The van der Waals surface area contributed by atoms with Crippen LogP contribution in [-0.2, 0) is 9.53 Å². The van der Waals surface area contributed by atoms with Crippen LogP contribution in [-0.4, -0.2) is 41.2 Å². The van der Waals surface area contributed by atoms with E-state index < -0.39 is 12.0 Å². The van der Waals surface area contributed by atoms with Gasteiger partial charge in [0, 0.05) is 25.5 Å². The summed E-state index contributed by atoms with van der Waals surface area (Å²) in [5.74, 6) is -0.808. The van der Waals surface area contributed by atoms with Gasteiger partial charge in [-0.05, 0) is 23.7 Å². The van der Waals surface area contributed by atoms with Gasteiger partial charge in [-0.2, -0.15) is 4.37 Å². The van der Waals surface area contributed by atoms with E-state index in [2.05, 4.69) is 4.37 Å². The Morgan fingerprint density at radius 1 is 1.53 bits per heavy atom. The molecule has 1 aliphatic heterocycles. The van der Waals surface area contributed by atoms with Gasteiger partial charge in [-0.1, -0.05) is 12.1 Å². The van der Waals surface area contributed by atoms with E-state index in [0.717, 1.165) is 15.9 Å². The largest absolute Gasteiger partial charge is 0.480 e. The highest BCUT2D eigenvalue weighted by Gasteiger charge is 2.38. The number of hydrogen-bond acceptors (Lipinski definition) is 5. The number of nitrogens with zero attached hydrogens (tertiary/aromatic N) is 2. The van der Waals surface area contributed by atoms with Gasteiger partial charge in [0.15, 0.2) is 0 Å². The fraction of sp³-hybridized carbons (Fsp3) is 0.385. The van der Waals surface area contributed by atoms with Gasteiger partial charge in [-0.15, -0.1) is 0 Å². The van der Waals surface area contributed by atoms with E-state index in [-0.39, 0.29) is 6.10 Å². The number of carboxylic acid groups (broad SMARTS) is 1. The van der Waals surface area contributed by atoms with Crippen molar-refractivity contribution in [2.24, 2.45) is 0 Å². The van der Waals surface area contributed by atoms with Gasteiger partial charge in [0.05, 0.1) is 11.6 Å². The lowest BCUT2D eigenvalue weighted by Gasteiger charge is -2.21. The third-order valence-corrected chi connectivity index (χ3v) is 4.42. The Bertz CT molecular complexity index is 613. The second-order valence-electron chi connectivity index (χ2n) is 4.60. The van der Waals surface area contributed by atoms with E-state index in [1.165, 1.54) is 11.5 Å². The maximum absolute atomic E-state index is 11.4. The van der Waals surface area contributed by atoms with Crippen molar-refractivity contribution in [1.29, 1.82) is 0 Å². The topological polar surface area (TPSA) is 62.7 Å². The van der Waals surface area contributed by atoms with Crippen molar-refractivity contribution in [2.45, 2.75) is 18.6 Å². The van der Waals surface area contributed by atoms with E-state index in [9.17, 15) is 9.90 Å². The molecule has 3 rings (SSSR count). The Hall–Kier alpha value is -1.66. The molecule has 1 N–H and O–H groups in total. The summed E-state index contributed by atoms with van der Waals surface area (Å²) in [7, 11) is 1.62. The maximum Gasteiger partial charge on any atom is 0.326 e. The Labute approximate surface area is 114 Å². The first-order chi connectivity index (χ1) is 9.20. The molecule has 1 aromatic carbocycles. The number of aliphatic carboxylic acids is 1. The minimum atomic E-state index is -0.808. The van der Waals surface area contributed by atoms with Crippen LogP contribution in [0.1, 0.15) is 6.42 Å². The fourth-order valence-electron chi connectivity index (χ4n) is 2.51.